The third-order valence-corrected chi connectivity index (χ3v) is 3.04. The second-order valence-electron chi connectivity index (χ2n) is 5.12. The van der Waals surface area contributed by atoms with Gasteiger partial charge < -0.3 is 5.73 Å². The molecule has 0 aliphatic heterocycles. The zero-order valence-electron chi connectivity index (χ0n) is 12.5. The fraction of sp³-hybridized carbons (Fsp3) is 0.357. The van der Waals surface area contributed by atoms with Crippen LogP contribution in [0.2, 0.25) is 0 Å². The maximum atomic E-state index is 12.2. The Hall–Kier alpha value is -2.57. The molecule has 0 spiro atoms. The Morgan fingerprint density at radius 2 is 1.86 bits per heavy atom. The number of hydrogen-bond acceptors (Lipinski definition) is 6. The van der Waals surface area contributed by atoms with Crippen LogP contribution in [-0.4, -0.2) is 26.1 Å². The van der Waals surface area contributed by atoms with E-state index in [0.717, 1.165) is 17.1 Å². The number of carbonyl (C=O) groups is 1. The predicted molar refractivity (Wildman–Crippen MR) is 80.0 cm³/mol. The molecule has 21 heavy (non-hydrogen) atoms. The van der Waals surface area contributed by atoms with Crippen LogP contribution < -0.4 is 11.1 Å². The highest BCUT2D eigenvalue weighted by Crippen LogP contribution is 2.16. The van der Waals surface area contributed by atoms with Crippen LogP contribution in [-0.2, 0) is 0 Å². The lowest BCUT2D eigenvalue weighted by Crippen LogP contribution is -2.16. The zero-order valence-corrected chi connectivity index (χ0v) is 12.5. The molecule has 2 heterocycles. The lowest BCUT2D eigenvalue weighted by atomic mass is 10.1. The van der Waals surface area contributed by atoms with Crippen molar-refractivity contribution >= 4 is 17.7 Å². The fourth-order valence-corrected chi connectivity index (χ4v) is 1.68. The van der Waals surface area contributed by atoms with E-state index in [1.807, 2.05) is 13.8 Å². The van der Waals surface area contributed by atoms with Crippen LogP contribution in [0.5, 0.6) is 0 Å². The van der Waals surface area contributed by atoms with Crippen molar-refractivity contribution in [3.8, 4) is 0 Å². The van der Waals surface area contributed by atoms with Gasteiger partial charge in [-0.25, -0.2) is 9.97 Å². The largest absolute Gasteiger partial charge is 0.384 e. The van der Waals surface area contributed by atoms with Crippen LogP contribution in [0.25, 0.3) is 0 Å². The van der Waals surface area contributed by atoms with Crippen molar-refractivity contribution < 1.29 is 4.79 Å². The highest BCUT2D eigenvalue weighted by atomic mass is 16.1. The molecule has 2 aromatic heterocycles. The predicted octanol–water partition coefficient (Wildman–Crippen LogP) is 1.84. The van der Waals surface area contributed by atoms with E-state index in [2.05, 4.69) is 25.5 Å². The van der Waals surface area contributed by atoms with E-state index in [1.54, 1.807) is 19.9 Å². The molecule has 110 valence electrons. The summed E-state index contributed by atoms with van der Waals surface area (Å²) in [5, 5.41) is 10.4. The summed E-state index contributed by atoms with van der Waals surface area (Å²) in [5.74, 6) is 0.325. The number of rotatable bonds is 3. The van der Waals surface area contributed by atoms with Crippen molar-refractivity contribution in [3.05, 3.63) is 34.8 Å². The molecule has 0 atom stereocenters. The van der Waals surface area contributed by atoms with Gasteiger partial charge in [0.1, 0.15) is 5.82 Å². The molecule has 0 radical (unpaired) electrons. The van der Waals surface area contributed by atoms with Crippen molar-refractivity contribution in [2.24, 2.45) is 0 Å². The van der Waals surface area contributed by atoms with Gasteiger partial charge in [0.05, 0.1) is 11.4 Å². The lowest BCUT2D eigenvalue weighted by Gasteiger charge is -2.09. The Balaban J connectivity index is 2.25. The number of pyridine rings is 1. The molecule has 1 amide bonds. The Morgan fingerprint density at radius 3 is 2.48 bits per heavy atom. The number of carbonyl (C=O) groups excluding carboxylic acids is 1. The number of anilines is 2. The molecule has 0 aromatic carbocycles. The summed E-state index contributed by atoms with van der Waals surface area (Å²) in [6.07, 6.45) is 0. The number of nitrogen functional groups attached to an aromatic ring is 1. The topological polar surface area (TPSA) is 107 Å². The van der Waals surface area contributed by atoms with Crippen LogP contribution in [0.15, 0.2) is 12.1 Å². The molecule has 3 N–H and O–H groups in total. The summed E-state index contributed by atoms with van der Waals surface area (Å²) in [4.78, 5) is 20.6. The van der Waals surface area contributed by atoms with E-state index in [9.17, 15) is 4.79 Å². The Morgan fingerprint density at radius 1 is 1.14 bits per heavy atom. The maximum Gasteiger partial charge on any atom is 0.258 e. The standard InChI is InChI=1S/C14H18N6O/c1-7(2)11-5-10(6-12(15)17-11)13(21)18-14-16-8(3)9(4)19-20-14/h5-7H,1-4H3,(H2,15,17)(H,16,18,20,21). The average Bonchev–Trinajstić information content (AvgIpc) is 2.42. The third-order valence-electron chi connectivity index (χ3n) is 3.04. The van der Waals surface area contributed by atoms with Crippen LogP contribution in [0.3, 0.4) is 0 Å². The molecular weight excluding hydrogens is 268 g/mol. The molecule has 0 bridgehead atoms. The lowest BCUT2D eigenvalue weighted by molar-refractivity contribution is 0.102. The summed E-state index contributed by atoms with van der Waals surface area (Å²) < 4.78 is 0. The van der Waals surface area contributed by atoms with Crippen molar-refractivity contribution in [2.75, 3.05) is 11.1 Å². The number of amides is 1. The second kappa shape index (κ2) is 5.82. The normalized spacial score (nSPS) is 10.7. The summed E-state index contributed by atoms with van der Waals surface area (Å²) in [6, 6.07) is 3.24. The number of aromatic nitrogens is 4. The molecule has 0 saturated carbocycles. The molecule has 0 aliphatic rings. The van der Waals surface area contributed by atoms with Crippen LogP contribution in [0.4, 0.5) is 11.8 Å². The first-order chi connectivity index (χ1) is 9.86. The number of nitrogens with zero attached hydrogens (tertiary/aromatic N) is 4. The van der Waals surface area contributed by atoms with E-state index >= 15 is 0 Å². The van der Waals surface area contributed by atoms with Gasteiger partial charge in [-0.3, -0.25) is 10.1 Å². The van der Waals surface area contributed by atoms with Gasteiger partial charge >= 0.3 is 0 Å². The van der Waals surface area contributed by atoms with Crippen LogP contribution in [0, 0.1) is 13.8 Å². The minimum atomic E-state index is -0.337. The molecule has 0 unspecified atom stereocenters. The summed E-state index contributed by atoms with van der Waals surface area (Å²) in [6.45, 7) is 7.58. The number of nitrogens with one attached hydrogen (secondary N) is 1. The van der Waals surface area contributed by atoms with Crippen molar-refractivity contribution in [3.63, 3.8) is 0 Å². The SMILES string of the molecule is Cc1nnc(NC(=O)c2cc(N)nc(C(C)C)c2)nc1C. The highest BCUT2D eigenvalue weighted by molar-refractivity contribution is 6.03. The Labute approximate surface area is 123 Å². The minimum absolute atomic E-state index is 0.171. The fourth-order valence-electron chi connectivity index (χ4n) is 1.68. The van der Waals surface area contributed by atoms with Gasteiger partial charge in [-0.2, -0.15) is 5.10 Å². The monoisotopic (exact) mass is 286 g/mol. The minimum Gasteiger partial charge on any atom is -0.384 e. The van der Waals surface area contributed by atoms with Crippen molar-refractivity contribution in [1.29, 1.82) is 0 Å². The zero-order chi connectivity index (χ0) is 15.6. The summed E-state index contributed by atoms with van der Waals surface area (Å²) in [5.41, 5.74) is 8.37. The molecule has 7 nitrogen and oxygen atoms in total. The van der Waals surface area contributed by atoms with Gasteiger partial charge in [-0.05, 0) is 31.9 Å². The van der Waals surface area contributed by atoms with E-state index in [4.69, 9.17) is 5.73 Å². The number of nitrogens with two attached hydrogens (primary N) is 1. The molecule has 2 aromatic rings. The first-order valence-electron chi connectivity index (χ1n) is 6.63. The van der Waals surface area contributed by atoms with Crippen LogP contribution in [0.1, 0.15) is 47.2 Å². The van der Waals surface area contributed by atoms with E-state index in [1.165, 1.54) is 6.07 Å². The van der Waals surface area contributed by atoms with Gasteiger partial charge in [-0.15, -0.1) is 5.10 Å². The number of aryl methyl sites for hydroxylation is 2. The van der Waals surface area contributed by atoms with Gasteiger partial charge in [0.15, 0.2) is 0 Å². The van der Waals surface area contributed by atoms with E-state index in [-0.39, 0.29) is 17.8 Å². The molecule has 0 aliphatic carbocycles. The van der Waals surface area contributed by atoms with Gasteiger partial charge in [0.25, 0.3) is 5.91 Å². The second-order valence-corrected chi connectivity index (χ2v) is 5.12. The summed E-state index contributed by atoms with van der Waals surface area (Å²) >= 11 is 0. The smallest absolute Gasteiger partial charge is 0.258 e. The average molecular weight is 286 g/mol. The molecule has 0 fully saturated rings. The van der Waals surface area contributed by atoms with Gasteiger partial charge in [0, 0.05) is 11.3 Å². The Bertz CT molecular complexity index is 683. The van der Waals surface area contributed by atoms with Crippen LogP contribution >= 0.6 is 0 Å². The maximum absolute atomic E-state index is 12.2. The van der Waals surface area contributed by atoms with E-state index in [0.29, 0.717) is 11.4 Å². The summed E-state index contributed by atoms with van der Waals surface area (Å²) in [7, 11) is 0. The first kappa shape index (κ1) is 14.8. The van der Waals surface area contributed by atoms with Gasteiger partial charge in [-0.1, -0.05) is 13.8 Å². The highest BCUT2D eigenvalue weighted by Gasteiger charge is 2.13. The molecule has 0 saturated heterocycles. The first-order valence-corrected chi connectivity index (χ1v) is 6.63. The van der Waals surface area contributed by atoms with Crippen molar-refractivity contribution in [1.82, 2.24) is 20.2 Å². The quantitative estimate of drug-likeness (QED) is 0.891. The molecule has 7 heteroatoms. The third kappa shape index (κ3) is 3.50. The molecule has 2 rings (SSSR count). The van der Waals surface area contributed by atoms with E-state index < -0.39 is 0 Å². The van der Waals surface area contributed by atoms with Crippen molar-refractivity contribution in [2.45, 2.75) is 33.6 Å². The Kier molecular flexibility index (Phi) is 4.11. The molecular formula is C14H18N6O. The van der Waals surface area contributed by atoms with Gasteiger partial charge in [0.2, 0.25) is 5.95 Å². The number of hydrogen-bond donors (Lipinski definition) is 2.